The van der Waals surface area contributed by atoms with E-state index in [9.17, 15) is 0 Å². The summed E-state index contributed by atoms with van der Waals surface area (Å²) in [5.74, 6) is 3.61. The number of nitrogens with zero attached hydrogens (tertiary/aromatic N) is 1. The molecule has 1 atom stereocenters. The Morgan fingerprint density at radius 3 is 2.42 bits per heavy atom. The maximum atomic E-state index is 6.03. The molecule has 1 heterocycles. The molecular weight excluding hydrogens is 234 g/mol. The summed E-state index contributed by atoms with van der Waals surface area (Å²) in [6, 6.07) is 0.171. The maximum Gasteiger partial charge on any atom is 0.0691 e. The summed E-state index contributed by atoms with van der Waals surface area (Å²) in [5, 5.41) is 3.66. The molecule has 1 rings (SSSR count). The molecule has 0 aromatic heterocycles. The summed E-state index contributed by atoms with van der Waals surface area (Å²) in [6.45, 7) is 10.9. The fourth-order valence-corrected chi connectivity index (χ4v) is 2.94. The zero-order chi connectivity index (χ0) is 14.3. The lowest BCUT2D eigenvalue weighted by atomic mass is 9.86. The Kier molecular flexibility index (Phi) is 6.85. The predicted octanol–water partition coefficient (Wildman–Crippen LogP) is 1.83. The van der Waals surface area contributed by atoms with Crippen LogP contribution in [0.1, 0.15) is 46.5 Å². The summed E-state index contributed by atoms with van der Waals surface area (Å²) < 4.78 is 0. The van der Waals surface area contributed by atoms with Crippen LogP contribution in [0.25, 0.3) is 0 Å². The Morgan fingerprint density at radius 1 is 1.37 bits per heavy atom. The Balaban J connectivity index is 2.52. The first-order valence-corrected chi connectivity index (χ1v) is 7.71. The lowest BCUT2D eigenvalue weighted by Crippen LogP contribution is -2.60. The highest BCUT2D eigenvalue weighted by atomic mass is 15.2. The lowest BCUT2D eigenvalue weighted by molar-refractivity contribution is 0.123. The minimum absolute atomic E-state index is 0.0552. The Morgan fingerprint density at radius 2 is 2.00 bits per heavy atom. The van der Waals surface area contributed by atoms with E-state index in [1.54, 1.807) is 0 Å². The fraction of sp³-hybridized carbons (Fsp3) is 0.875. The maximum absolute atomic E-state index is 6.03. The standard InChI is InChI=1S/C16H31N3/c1-5-7-15(6-2)18-16(13-17)8-10-19(11-9-16)12-14(3)4/h2,14-15,18H,5,7-13,17H2,1,3-4H3. The predicted molar refractivity (Wildman–Crippen MR) is 83.0 cm³/mol. The second-order valence-corrected chi connectivity index (χ2v) is 6.33. The van der Waals surface area contributed by atoms with Crippen LogP contribution in [-0.2, 0) is 0 Å². The van der Waals surface area contributed by atoms with Gasteiger partial charge in [-0.3, -0.25) is 5.32 Å². The van der Waals surface area contributed by atoms with Crippen molar-refractivity contribution in [1.29, 1.82) is 0 Å². The molecule has 0 aliphatic carbocycles. The van der Waals surface area contributed by atoms with Crippen molar-refractivity contribution in [3.63, 3.8) is 0 Å². The van der Waals surface area contributed by atoms with E-state index >= 15 is 0 Å². The van der Waals surface area contributed by atoms with E-state index in [0.29, 0.717) is 6.54 Å². The van der Waals surface area contributed by atoms with Gasteiger partial charge in [-0.1, -0.05) is 33.1 Å². The first kappa shape index (κ1) is 16.5. The summed E-state index contributed by atoms with van der Waals surface area (Å²) in [7, 11) is 0. The Labute approximate surface area is 119 Å². The highest BCUT2D eigenvalue weighted by Gasteiger charge is 2.34. The van der Waals surface area contributed by atoms with Crippen LogP contribution in [0.2, 0.25) is 0 Å². The minimum Gasteiger partial charge on any atom is -0.329 e. The fourth-order valence-electron chi connectivity index (χ4n) is 2.94. The van der Waals surface area contributed by atoms with E-state index in [1.165, 1.54) is 6.54 Å². The first-order valence-electron chi connectivity index (χ1n) is 7.71. The number of rotatable bonds is 7. The van der Waals surface area contributed by atoms with Gasteiger partial charge in [-0.05, 0) is 38.3 Å². The van der Waals surface area contributed by atoms with Gasteiger partial charge in [0.15, 0.2) is 0 Å². The molecule has 1 fully saturated rings. The molecular formula is C16H31N3. The van der Waals surface area contributed by atoms with E-state index in [1.807, 2.05) is 0 Å². The van der Waals surface area contributed by atoms with Crippen molar-refractivity contribution in [2.45, 2.75) is 58.0 Å². The number of nitrogens with two attached hydrogens (primary N) is 1. The molecule has 0 saturated carbocycles. The number of piperidine rings is 1. The second-order valence-electron chi connectivity index (χ2n) is 6.33. The van der Waals surface area contributed by atoms with Crippen molar-refractivity contribution in [3.8, 4) is 12.3 Å². The number of hydrogen-bond donors (Lipinski definition) is 2. The molecule has 19 heavy (non-hydrogen) atoms. The number of nitrogens with one attached hydrogen (secondary N) is 1. The molecule has 0 radical (unpaired) electrons. The van der Waals surface area contributed by atoms with Crippen LogP contribution in [0.5, 0.6) is 0 Å². The van der Waals surface area contributed by atoms with Crippen LogP contribution in [0.15, 0.2) is 0 Å². The van der Waals surface area contributed by atoms with Gasteiger partial charge in [0.25, 0.3) is 0 Å². The van der Waals surface area contributed by atoms with Gasteiger partial charge in [-0.2, -0.15) is 0 Å². The van der Waals surface area contributed by atoms with Crippen LogP contribution in [0.3, 0.4) is 0 Å². The van der Waals surface area contributed by atoms with Gasteiger partial charge in [0.2, 0.25) is 0 Å². The van der Waals surface area contributed by atoms with Crippen LogP contribution in [0.4, 0.5) is 0 Å². The SMILES string of the molecule is C#CC(CCC)NC1(CN)CCN(CC(C)C)CC1. The summed E-state index contributed by atoms with van der Waals surface area (Å²) in [4.78, 5) is 2.55. The summed E-state index contributed by atoms with van der Waals surface area (Å²) >= 11 is 0. The number of likely N-dealkylation sites (tertiary alicyclic amines) is 1. The largest absolute Gasteiger partial charge is 0.329 e. The molecule has 110 valence electrons. The van der Waals surface area contributed by atoms with Crippen LogP contribution in [0, 0.1) is 18.3 Å². The van der Waals surface area contributed by atoms with Gasteiger partial charge in [0.1, 0.15) is 0 Å². The summed E-state index contributed by atoms with van der Waals surface area (Å²) in [5.41, 5.74) is 6.09. The average molecular weight is 265 g/mol. The molecule has 1 aliphatic rings. The molecule has 0 aromatic carbocycles. The van der Waals surface area contributed by atoms with Gasteiger partial charge in [0, 0.05) is 18.6 Å². The van der Waals surface area contributed by atoms with E-state index in [4.69, 9.17) is 12.2 Å². The van der Waals surface area contributed by atoms with Crippen LogP contribution >= 0.6 is 0 Å². The van der Waals surface area contributed by atoms with Gasteiger partial charge in [0.05, 0.1) is 6.04 Å². The third-order valence-electron chi connectivity index (χ3n) is 4.09. The van der Waals surface area contributed by atoms with Crippen molar-refractivity contribution in [3.05, 3.63) is 0 Å². The first-order chi connectivity index (χ1) is 9.05. The Hall–Kier alpha value is -0.560. The minimum atomic E-state index is 0.0552. The van der Waals surface area contributed by atoms with Gasteiger partial charge < -0.3 is 10.6 Å². The molecule has 1 saturated heterocycles. The molecule has 0 spiro atoms. The third-order valence-corrected chi connectivity index (χ3v) is 4.09. The zero-order valence-corrected chi connectivity index (χ0v) is 12.9. The monoisotopic (exact) mass is 265 g/mol. The Bertz CT molecular complexity index is 285. The van der Waals surface area contributed by atoms with Crippen molar-refractivity contribution in [2.75, 3.05) is 26.2 Å². The topological polar surface area (TPSA) is 41.3 Å². The van der Waals surface area contributed by atoms with Crippen molar-refractivity contribution in [2.24, 2.45) is 11.7 Å². The molecule has 1 aliphatic heterocycles. The van der Waals surface area contributed by atoms with Crippen molar-refractivity contribution in [1.82, 2.24) is 10.2 Å². The van der Waals surface area contributed by atoms with Gasteiger partial charge >= 0.3 is 0 Å². The highest BCUT2D eigenvalue weighted by Crippen LogP contribution is 2.23. The van der Waals surface area contributed by atoms with Gasteiger partial charge in [-0.25, -0.2) is 0 Å². The van der Waals surface area contributed by atoms with Crippen molar-refractivity contribution >= 4 is 0 Å². The van der Waals surface area contributed by atoms with Gasteiger partial charge in [-0.15, -0.1) is 6.42 Å². The van der Waals surface area contributed by atoms with Crippen LogP contribution in [-0.4, -0.2) is 42.7 Å². The average Bonchev–Trinajstić information content (AvgIpc) is 2.40. The molecule has 1 unspecified atom stereocenters. The summed E-state index contributed by atoms with van der Waals surface area (Å²) in [6.07, 6.45) is 9.99. The number of hydrogen-bond acceptors (Lipinski definition) is 3. The van der Waals surface area contributed by atoms with E-state index < -0.39 is 0 Å². The molecule has 3 nitrogen and oxygen atoms in total. The molecule has 3 N–H and O–H groups in total. The second kappa shape index (κ2) is 7.89. The smallest absolute Gasteiger partial charge is 0.0691 e. The van der Waals surface area contributed by atoms with Crippen LogP contribution < -0.4 is 11.1 Å². The normalized spacial score (nSPS) is 21.3. The molecule has 0 aromatic rings. The van der Waals surface area contributed by atoms with E-state index in [-0.39, 0.29) is 11.6 Å². The number of terminal acetylenes is 1. The quantitative estimate of drug-likeness (QED) is 0.690. The van der Waals surface area contributed by atoms with Crippen molar-refractivity contribution < 1.29 is 0 Å². The van der Waals surface area contributed by atoms with E-state index in [2.05, 4.69) is 36.9 Å². The molecule has 3 heteroatoms. The third kappa shape index (κ3) is 5.14. The van der Waals surface area contributed by atoms with E-state index in [0.717, 1.165) is 44.7 Å². The molecule has 0 amide bonds. The molecule has 0 bridgehead atoms. The lowest BCUT2D eigenvalue weighted by Gasteiger charge is -2.43. The zero-order valence-electron chi connectivity index (χ0n) is 12.9. The highest BCUT2D eigenvalue weighted by molar-refractivity contribution is 5.05.